The van der Waals surface area contributed by atoms with Gasteiger partial charge in [-0.2, -0.15) is 0 Å². The summed E-state index contributed by atoms with van der Waals surface area (Å²) in [4.78, 5) is 36.7. The number of carbonyl (C=O) groups is 3. The highest BCUT2D eigenvalue weighted by Gasteiger charge is 2.24. The zero-order valence-electron chi connectivity index (χ0n) is 14.1. The van der Waals surface area contributed by atoms with E-state index in [1.54, 1.807) is 36.2 Å². The van der Waals surface area contributed by atoms with Crippen molar-refractivity contribution in [2.24, 2.45) is 0 Å². The maximum atomic E-state index is 12.3. The van der Waals surface area contributed by atoms with Crippen molar-refractivity contribution >= 4 is 34.8 Å². The molecule has 1 aliphatic rings. The molecule has 2 aromatic rings. The SMILES string of the molecule is CC(=O)Nc1cccc(NC(=O)Cc2ccc3c(c2)CC(=O)N3C)c1. The minimum absolute atomic E-state index is 0.0615. The number of anilines is 3. The van der Waals surface area contributed by atoms with Crippen LogP contribution in [0.4, 0.5) is 17.1 Å². The van der Waals surface area contributed by atoms with Crippen LogP contribution in [0.15, 0.2) is 42.5 Å². The van der Waals surface area contributed by atoms with Crippen molar-refractivity contribution in [3.05, 3.63) is 53.6 Å². The first-order valence-electron chi connectivity index (χ1n) is 7.98. The summed E-state index contributed by atoms with van der Waals surface area (Å²) in [5, 5.41) is 5.50. The second-order valence-electron chi connectivity index (χ2n) is 6.08. The number of nitrogens with one attached hydrogen (secondary N) is 2. The van der Waals surface area contributed by atoms with E-state index in [4.69, 9.17) is 0 Å². The van der Waals surface area contributed by atoms with Crippen LogP contribution in [-0.4, -0.2) is 24.8 Å². The Kier molecular flexibility index (Phi) is 4.52. The topological polar surface area (TPSA) is 78.5 Å². The number of nitrogens with zero attached hydrogens (tertiary/aromatic N) is 1. The molecule has 0 bridgehead atoms. The van der Waals surface area contributed by atoms with E-state index in [1.807, 2.05) is 18.2 Å². The molecule has 0 aromatic heterocycles. The zero-order valence-corrected chi connectivity index (χ0v) is 14.1. The van der Waals surface area contributed by atoms with E-state index < -0.39 is 0 Å². The van der Waals surface area contributed by atoms with Crippen LogP contribution in [0.2, 0.25) is 0 Å². The maximum Gasteiger partial charge on any atom is 0.231 e. The first kappa shape index (κ1) is 16.7. The Morgan fingerprint density at radius 1 is 1.08 bits per heavy atom. The number of hydrogen-bond acceptors (Lipinski definition) is 3. The number of hydrogen-bond donors (Lipinski definition) is 2. The van der Waals surface area contributed by atoms with Crippen LogP contribution in [0.25, 0.3) is 0 Å². The third-order valence-electron chi connectivity index (χ3n) is 4.05. The molecule has 0 aliphatic carbocycles. The Morgan fingerprint density at radius 2 is 1.80 bits per heavy atom. The van der Waals surface area contributed by atoms with Gasteiger partial charge in [-0.1, -0.05) is 18.2 Å². The van der Waals surface area contributed by atoms with Crippen molar-refractivity contribution in [3.8, 4) is 0 Å². The van der Waals surface area contributed by atoms with Crippen LogP contribution in [0.3, 0.4) is 0 Å². The third-order valence-corrected chi connectivity index (χ3v) is 4.05. The highest BCUT2D eigenvalue weighted by molar-refractivity contribution is 6.01. The third kappa shape index (κ3) is 3.85. The maximum absolute atomic E-state index is 12.3. The summed E-state index contributed by atoms with van der Waals surface area (Å²) >= 11 is 0. The van der Waals surface area contributed by atoms with Crippen LogP contribution >= 0.6 is 0 Å². The second-order valence-corrected chi connectivity index (χ2v) is 6.08. The normalized spacial score (nSPS) is 12.7. The van der Waals surface area contributed by atoms with Crippen LogP contribution in [0, 0.1) is 0 Å². The van der Waals surface area contributed by atoms with Crippen molar-refractivity contribution < 1.29 is 14.4 Å². The number of rotatable bonds is 4. The van der Waals surface area contributed by atoms with Gasteiger partial charge in [0, 0.05) is 31.0 Å². The van der Waals surface area contributed by atoms with E-state index in [0.717, 1.165) is 16.8 Å². The van der Waals surface area contributed by atoms with E-state index in [1.165, 1.54) is 6.92 Å². The molecule has 25 heavy (non-hydrogen) atoms. The Hall–Kier alpha value is -3.15. The van der Waals surface area contributed by atoms with Crippen LogP contribution in [-0.2, 0) is 27.2 Å². The van der Waals surface area contributed by atoms with Crippen molar-refractivity contribution in [1.82, 2.24) is 0 Å². The van der Waals surface area contributed by atoms with Crippen molar-refractivity contribution in [2.45, 2.75) is 19.8 Å². The summed E-state index contributed by atoms with van der Waals surface area (Å²) < 4.78 is 0. The van der Waals surface area contributed by atoms with Gasteiger partial charge < -0.3 is 15.5 Å². The van der Waals surface area contributed by atoms with Crippen LogP contribution < -0.4 is 15.5 Å². The van der Waals surface area contributed by atoms with Crippen LogP contribution in [0.1, 0.15) is 18.1 Å². The summed E-state index contributed by atoms with van der Waals surface area (Å²) in [5.41, 5.74) is 3.96. The van der Waals surface area contributed by atoms with Gasteiger partial charge >= 0.3 is 0 Å². The summed E-state index contributed by atoms with van der Waals surface area (Å²) in [7, 11) is 1.75. The molecule has 1 heterocycles. The lowest BCUT2D eigenvalue weighted by molar-refractivity contribution is -0.117. The van der Waals surface area contributed by atoms with E-state index in [2.05, 4.69) is 10.6 Å². The van der Waals surface area contributed by atoms with Gasteiger partial charge in [0.2, 0.25) is 17.7 Å². The fourth-order valence-corrected chi connectivity index (χ4v) is 2.90. The molecule has 0 fully saturated rings. The summed E-state index contributed by atoms with van der Waals surface area (Å²) in [5.74, 6) is -0.259. The van der Waals surface area contributed by atoms with Gasteiger partial charge in [-0.25, -0.2) is 0 Å². The number of amides is 3. The van der Waals surface area contributed by atoms with E-state index >= 15 is 0 Å². The standard InChI is InChI=1S/C19H19N3O3/c1-12(23)20-15-4-3-5-16(11-15)21-18(24)9-13-6-7-17-14(8-13)10-19(25)22(17)2/h3-8,11H,9-10H2,1-2H3,(H,20,23)(H,21,24). The fraction of sp³-hybridized carbons (Fsp3) is 0.211. The molecule has 3 amide bonds. The number of benzene rings is 2. The zero-order chi connectivity index (χ0) is 18.0. The van der Waals surface area contributed by atoms with Gasteiger partial charge in [-0.15, -0.1) is 0 Å². The minimum Gasteiger partial charge on any atom is -0.326 e. The largest absolute Gasteiger partial charge is 0.326 e. The number of carbonyl (C=O) groups excluding carboxylic acids is 3. The average molecular weight is 337 g/mol. The van der Waals surface area contributed by atoms with Gasteiger partial charge in [0.25, 0.3) is 0 Å². The molecule has 0 radical (unpaired) electrons. The Bertz CT molecular complexity index is 861. The van der Waals surface area contributed by atoms with E-state index in [9.17, 15) is 14.4 Å². The predicted octanol–water partition coefficient (Wildman–Crippen LogP) is 2.35. The molecule has 0 unspecified atom stereocenters. The molecule has 2 N–H and O–H groups in total. The predicted molar refractivity (Wildman–Crippen MR) is 96.6 cm³/mol. The number of likely N-dealkylation sites (N-methyl/N-ethyl adjacent to an activating group) is 1. The molecular formula is C19H19N3O3. The van der Waals surface area contributed by atoms with Gasteiger partial charge in [0.15, 0.2) is 0 Å². The Morgan fingerprint density at radius 3 is 2.52 bits per heavy atom. The molecule has 6 nitrogen and oxygen atoms in total. The van der Waals surface area contributed by atoms with Crippen molar-refractivity contribution in [2.75, 3.05) is 22.6 Å². The first-order valence-corrected chi connectivity index (χ1v) is 7.98. The molecule has 128 valence electrons. The van der Waals surface area contributed by atoms with Crippen LogP contribution in [0.5, 0.6) is 0 Å². The van der Waals surface area contributed by atoms with Gasteiger partial charge in [-0.05, 0) is 35.4 Å². The Balaban J connectivity index is 1.67. The second kappa shape index (κ2) is 6.76. The summed E-state index contributed by atoms with van der Waals surface area (Å²) in [6.07, 6.45) is 0.593. The lowest BCUT2D eigenvalue weighted by Crippen LogP contribution is -2.20. The highest BCUT2D eigenvalue weighted by atomic mass is 16.2. The van der Waals surface area contributed by atoms with Crippen molar-refractivity contribution in [1.29, 1.82) is 0 Å². The highest BCUT2D eigenvalue weighted by Crippen LogP contribution is 2.28. The van der Waals surface area contributed by atoms with Crippen molar-refractivity contribution in [3.63, 3.8) is 0 Å². The van der Waals surface area contributed by atoms with E-state index in [-0.39, 0.29) is 24.1 Å². The molecule has 6 heteroatoms. The molecule has 3 rings (SSSR count). The average Bonchev–Trinajstić information content (AvgIpc) is 2.81. The molecule has 0 saturated carbocycles. The summed E-state index contributed by atoms with van der Waals surface area (Å²) in [6.45, 7) is 1.43. The quantitative estimate of drug-likeness (QED) is 0.899. The van der Waals surface area contributed by atoms with Gasteiger partial charge in [-0.3, -0.25) is 14.4 Å². The monoisotopic (exact) mass is 337 g/mol. The molecule has 1 aliphatic heterocycles. The molecule has 0 atom stereocenters. The molecular weight excluding hydrogens is 318 g/mol. The Labute approximate surface area is 145 Å². The van der Waals surface area contributed by atoms with E-state index in [0.29, 0.717) is 17.8 Å². The number of fused-ring (bicyclic) bond motifs is 1. The lowest BCUT2D eigenvalue weighted by atomic mass is 10.1. The first-order chi connectivity index (χ1) is 11.9. The molecule has 0 spiro atoms. The fourth-order valence-electron chi connectivity index (χ4n) is 2.90. The molecule has 2 aromatic carbocycles. The smallest absolute Gasteiger partial charge is 0.231 e. The van der Waals surface area contributed by atoms with Gasteiger partial charge in [0.1, 0.15) is 0 Å². The molecule has 0 saturated heterocycles. The minimum atomic E-state index is -0.166. The summed E-state index contributed by atoms with van der Waals surface area (Å²) in [6, 6.07) is 12.6. The van der Waals surface area contributed by atoms with Gasteiger partial charge in [0.05, 0.1) is 12.8 Å². The lowest BCUT2D eigenvalue weighted by Gasteiger charge is -2.11.